The van der Waals surface area contributed by atoms with Gasteiger partial charge in [-0.1, -0.05) is 24.3 Å². The van der Waals surface area contributed by atoms with E-state index in [4.69, 9.17) is 4.74 Å². The lowest BCUT2D eigenvalue weighted by Gasteiger charge is -2.40. The monoisotopic (exact) mass is 593 g/mol. The van der Waals surface area contributed by atoms with Crippen molar-refractivity contribution >= 4 is 23.3 Å². The third kappa shape index (κ3) is 5.85. The third-order valence-electron chi connectivity index (χ3n) is 8.63. The number of fused-ring (bicyclic) bond motifs is 1. The molecule has 226 valence electrons. The number of benzene rings is 2. The fraction of sp³-hybridized carbons (Fsp3) is 0.324. The fourth-order valence-electron chi connectivity index (χ4n) is 6.32. The molecule has 1 saturated heterocycles. The highest BCUT2D eigenvalue weighted by Gasteiger charge is 2.38. The van der Waals surface area contributed by atoms with E-state index in [1.807, 2.05) is 31.2 Å². The number of carboxylic acid groups (broad SMARTS) is 1. The number of pyridine rings is 1. The van der Waals surface area contributed by atoms with Crippen LogP contribution in [0, 0.1) is 6.92 Å². The van der Waals surface area contributed by atoms with Gasteiger partial charge < -0.3 is 19.6 Å². The first kappa shape index (κ1) is 29.3. The van der Waals surface area contributed by atoms with Gasteiger partial charge in [-0.25, -0.2) is 9.48 Å². The number of hydrogen-bond donors (Lipinski definition) is 1. The minimum Gasteiger partial charge on any atom is -0.478 e. The number of aromatic nitrogens is 3. The molecule has 2 aliphatic heterocycles. The number of ether oxygens (including phenoxy) is 1. The second kappa shape index (κ2) is 12.4. The summed E-state index contributed by atoms with van der Waals surface area (Å²) in [7, 11) is 1.75. The maximum absolute atomic E-state index is 14.2. The van der Waals surface area contributed by atoms with Gasteiger partial charge in [-0.15, -0.1) is 0 Å². The predicted molar refractivity (Wildman–Crippen MR) is 164 cm³/mol. The average molecular weight is 594 g/mol. The number of anilines is 1. The number of aryl methyl sites for hydroxylation is 1. The van der Waals surface area contributed by atoms with Crippen LogP contribution in [0.25, 0.3) is 5.69 Å². The van der Waals surface area contributed by atoms with Crippen molar-refractivity contribution in [2.45, 2.75) is 44.8 Å². The zero-order valence-electron chi connectivity index (χ0n) is 24.8. The van der Waals surface area contributed by atoms with Crippen molar-refractivity contribution in [2.24, 2.45) is 0 Å². The molecule has 0 spiro atoms. The molecule has 10 heteroatoms. The van der Waals surface area contributed by atoms with Crippen LogP contribution in [-0.2, 0) is 22.4 Å². The Balaban J connectivity index is 1.34. The van der Waals surface area contributed by atoms with Crippen molar-refractivity contribution in [2.75, 3.05) is 31.6 Å². The Labute approximate surface area is 255 Å². The van der Waals surface area contributed by atoms with Crippen molar-refractivity contribution in [1.82, 2.24) is 19.7 Å². The maximum Gasteiger partial charge on any atom is 0.335 e. The molecule has 2 aromatic carbocycles. The minimum absolute atomic E-state index is 0.0623. The summed E-state index contributed by atoms with van der Waals surface area (Å²) in [5, 5.41) is 13.7. The van der Waals surface area contributed by atoms with Gasteiger partial charge in [0.15, 0.2) is 5.78 Å². The fourth-order valence-corrected chi connectivity index (χ4v) is 6.32. The van der Waals surface area contributed by atoms with Crippen LogP contribution in [-0.4, -0.2) is 75.3 Å². The lowest BCUT2D eigenvalue weighted by Crippen LogP contribution is -2.45. The van der Waals surface area contributed by atoms with Gasteiger partial charge in [0, 0.05) is 56.9 Å². The van der Waals surface area contributed by atoms with Crippen molar-refractivity contribution in [1.29, 1.82) is 0 Å². The molecule has 4 heterocycles. The number of nitrogens with zero attached hydrogens (tertiary/aromatic N) is 5. The molecule has 10 nitrogen and oxygen atoms in total. The molecule has 0 saturated carbocycles. The molecule has 44 heavy (non-hydrogen) atoms. The SMILES string of the molecule is COC1CCN(c2cccc3c2CCN(C(=O)c2cnn(-c4ccnc(C)c4)c2)C3C(=O)Cc2ccc(C(=O)O)cc2)CC1. The molecular weight excluding hydrogens is 558 g/mol. The molecule has 4 aromatic rings. The van der Waals surface area contributed by atoms with E-state index < -0.39 is 12.0 Å². The van der Waals surface area contributed by atoms with E-state index >= 15 is 0 Å². The molecule has 2 aromatic heterocycles. The largest absolute Gasteiger partial charge is 0.478 e. The summed E-state index contributed by atoms with van der Waals surface area (Å²) in [6, 6.07) is 15.3. The van der Waals surface area contributed by atoms with Gasteiger partial charge in [-0.3, -0.25) is 14.6 Å². The highest BCUT2D eigenvalue weighted by Crippen LogP contribution is 2.38. The van der Waals surface area contributed by atoms with Gasteiger partial charge in [0.2, 0.25) is 0 Å². The zero-order chi connectivity index (χ0) is 30.8. The number of amides is 1. The summed E-state index contributed by atoms with van der Waals surface area (Å²) < 4.78 is 7.21. The Morgan fingerprint density at radius 2 is 1.77 bits per heavy atom. The number of hydrogen-bond acceptors (Lipinski definition) is 7. The van der Waals surface area contributed by atoms with Crippen molar-refractivity contribution < 1.29 is 24.2 Å². The quantitative estimate of drug-likeness (QED) is 0.319. The zero-order valence-corrected chi connectivity index (χ0v) is 24.8. The molecule has 2 aliphatic rings. The lowest BCUT2D eigenvalue weighted by molar-refractivity contribution is -0.123. The summed E-state index contributed by atoms with van der Waals surface area (Å²) in [4.78, 5) is 47.8. The van der Waals surface area contributed by atoms with Crippen LogP contribution in [0.15, 0.2) is 73.2 Å². The topological polar surface area (TPSA) is 118 Å². The standard InChI is InChI=1S/C34H35N5O5/c1-22-18-26(10-14-35-22)39-21-25(20-36-39)33(41)38-17-13-28-29(4-3-5-30(28)37-15-11-27(44-2)12-16-37)32(38)31(40)19-23-6-8-24(9-7-23)34(42)43/h3-10,14,18,20-21,27,32H,11-13,15-17,19H2,1-2H3,(H,42,43). The number of ketones is 1. The number of rotatable bonds is 8. The minimum atomic E-state index is -1.02. The molecular formula is C34H35N5O5. The smallest absolute Gasteiger partial charge is 0.335 e. The Bertz CT molecular complexity index is 1690. The van der Waals surface area contributed by atoms with Gasteiger partial charge in [0.1, 0.15) is 6.04 Å². The van der Waals surface area contributed by atoms with E-state index in [9.17, 15) is 19.5 Å². The summed E-state index contributed by atoms with van der Waals surface area (Å²) >= 11 is 0. The number of carboxylic acids is 1. The number of carbonyl (C=O) groups excluding carboxylic acids is 2. The molecule has 1 amide bonds. The second-order valence-corrected chi connectivity index (χ2v) is 11.4. The molecule has 1 fully saturated rings. The second-order valence-electron chi connectivity index (χ2n) is 11.4. The Hall–Kier alpha value is -4.83. The number of carbonyl (C=O) groups is 3. The molecule has 1 atom stereocenters. The van der Waals surface area contributed by atoms with Crippen molar-refractivity contribution in [3.63, 3.8) is 0 Å². The Kier molecular flexibility index (Phi) is 8.25. The van der Waals surface area contributed by atoms with E-state index in [-0.39, 0.29) is 29.8 Å². The Morgan fingerprint density at radius 3 is 2.48 bits per heavy atom. The highest BCUT2D eigenvalue weighted by molar-refractivity contribution is 5.99. The van der Waals surface area contributed by atoms with E-state index in [1.165, 1.54) is 18.3 Å². The molecule has 0 bridgehead atoms. The van der Waals surface area contributed by atoms with Gasteiger partial charge in [0.25, 0.3) is 5.91 Å². The summed E-state index contributed by atoms with van der Waals surface area (Å²) in [5.41, 5.74) is 5.90. The van der Waals surface area contributed by atoms with E-state index in [0.717, 1.165) is 54.1 Å². The predicted octanol–water partition coefficient (Wildman–Crippen LogP) is 4.44. The molecule has 1 N–H and O–H groups in total. The van der Waals surface area contributed by atoms with Crippen LogP contribution in [0.5, 0.6) is 0 Å². The normalized spacial score (nSPS) is 16.9. The van der Waals surface area contributed by atoms with Crippen LogP contribution in [0.1, 0.15) is 62.0 Å². The van der Waals surface area contributed by atoms with E-state index in [1.54, 1.807) is 41.2 Å². The first-order valence-corrected chi connectivity index (χ1v) is 14.9. The van der Waals surface area contributed by atoms with Crippen LogP contribution >= 0.6 is 0 Å². The number of piperidine rings is 1. The van der Waals surface area contributed by atoms with Crippen molar-refractivity contribution in [3.8, 4) is 5.69 Å². The van der Waals surface area contributed by atoms with Gasteiger partial charge in [-0.05, 0) is 73.2 Å². The van der Waals surface area contributed by atoms with E-state index in [2.05, 4.69) is 21.0 Å². The summed E-state index contributed by atoms with van der Waals surface area (Å²) in [5.74, 6) is -1.42. The lowest BCUT2D eigenvalue weighted by atomic mass is 9.86. The summed E-state index contributed by atoms with van der Waals surface area (Å²) in [6.07, 6.45) is 7.72. The van der Waals surface area contributed by atoms with Gasteiger partial charge in [0.05, 0.1) is 29.1 Å². The first-order chi connectivity index (χ1) is 21.3. The average Bonchev–Trinajstić information content (AvgIpc) is 3.54. The van der Waals surface area contributed by atoms with Gasteiger partial charge in [-0.2, -0.15) is 5.10 Å². The number of methoxy groups -OCH3 is 1. The van der Waals surface area contributed by atoms with Gasteiger partial charge >= 0.3 is 5.97 Å². The number of aromatic carboxylic acids is 1. The molecule has 1 unspecified atom stereocenters. The first-order valence-electron chi connectivity index (χ1n) is 14.9. The summed E-state index contributed by atoms with van der Waals surface area (Å²) in [6.45, 7) is 3.99. The third-order valence-corrected chi connectivity index (χ3v) is 8.63. The van der Waals surface area contributed by atoms with Crippen LogP contribution in [0.2, 0.25) is 0 Å². The molecule has 0 radical (unpaired) electrons. The Morgan fingerprint density at radius 1 is 1.00 bits per heavy atom. The van der Waals surface area contributed by atoms with Crippen LogP contribution in [0.4, 0.5) is 5.69 Å². The number of Topliss-reactive ketones (excluding diaryl/α,β-unsaturated/α-hetero) is 1. The maximum atomic E-state index is 14.2. The van der Waals surface area contributed by atoms with Crippen LogP contribution in [0.3, 0.4) is 0 Å². The molecule has 6 rings (SSSR count). The van der Waals surface area contributed by atoms with E-state index in [0.29, 0.717) is 24.1 Å². The van der Waals surface area contributed by atoms with Crippen molar-refractivity contribution in [3.05, 3.63) is 107 Å². The molecule has 0 aliphatic carbocycles. The van der Waals surface area contributed by atoms with Crippen LogP contribution < -0.4 is 4.90 Å². The highest BCUT2D eigenvalue weighted by atomic mass is 16.5.